The van der Waals surface area contributed by atoms with Gasteiger partial charge < -0.3 is 9.88 Å². The molecule has 24 heavy (non-hydrogen) atoms. The molecule has 0 spiro atoms. The van der Waals surface area contributed by atoms with Gasteiger partial charge in [0.2, 0.25) is 5.91 Å². The Morgan fingerprint density at radius 1 is 1.29 bits per heavy atom. The van der Waals surface area contributed by atoms with Gasteiger partial charge in [0.25, 0.3) is 5.91 Å². The molecule has 0 bridgehead atoms. The van der Waals surface area contributed by atoms with E-state index < -0.39 is 0 Å². The van der Waals surface area contributed by atoms with Gasteiger partial charge in [0, 0.05) is 45.4 Å². The van der Waals surface area contributed by atoms with Crippen LogP contribution in [0.25, 0.3) is 0 Å². The molecule has 1 N–H and O–H groups in total. The van der Waals surface area contributed by atoms with Crippen molar-refractivity contribution in [2.45, 2.75) is 25.9 Å². The highest BCUT2D eigenvalue weighted by atomic mass is 16.2. The van der Waals surface area contributed by atoms with E-state index >= 15 is 0 Å². The van der Waals surface area contributed by atoms with E-state index in [1.54, 1.807) is 19.6 Å². The lowest BCUT2D eigenvalue weighted by molar-refractivity contribution is -0.130. The van der Waals surface area contributed by atoms with E-state index in [0.717, 1.165) is 17.7 Å². The van der Waals surface area contributed by atoms with E-state index in [-0.39, 0.29) is 11.8 Å². The standard InChI is InChI=1S/C17H19N5O2/c1-21-16(23)6-5-15(20-21)17(24)19-10-13-3-2-4-14(9-13)11-22-8-7-18-12-22/h2-4,7-9,12H,5-6,10-11H2,1H3,(H,19,24). The number of carbonyl (C=O) groups excluding carboxylic acids is 2. The summed E-state index contributed by atoms with van der Waals surface area (Å²) in [5.74, 6) is -0.298. The number of aromatic nitrogens is 2. The maximum absolute atomic E-state index is 12.2. The third kappa shape index (κ3) is 3.87. The Hall–Kier alpha value is -2.96. The fraction of sp³-hybridized carbons (Fsp3) is 0.294. The van der Waals surface area contributed by atoms with Crippen LogP contribution in [0.5, 0.6) is 0 Å². The molecule has 2 amide bonds. The Kier molecular flexibility index (Phi) is 4.69. The molecule has 0 atom stereocenters. The van der Waals surface area contributed by atoms with Gasteiger partial charge in [-0.1, -0.05) is 24.3 Å². The number of imidazole rings is 1. The molecule has 1 aromatic heterocycles. The number of nitrogens with one attached hydrogen (secondary N) is 1. The van der Waals surface area contributed by atoms with Crippen LogP contribution in [-0.4, -0.2) is 39.1 Å². The highest BCUT2D eigenvalue weighted by molar-refractivity contribution is 6.39. The van der Waals surface area contributed by atoms with Crippen molar-refractivity contribution in [3.8, 4) is 0 Å². The fourth-order valence-electron chi connectivity index (χ4n) is 2.55. The van der Waals surface area contributed by atoms with Crippen LogP contribution in [0.2, 0.25) is 0 Å². The maximum atomic E-state index is 12.2. The lowest BCUT2D eigenvalue weighted by Crippen LogP contribution is -2.37. The van der Waals surface area contributed by atoms with Gasteiger partial charge in [-0.15, -0.1) is 0 Å². The van der Waals surface area contributed by atoms with Gasteiger partial charge in [-0.3, -0.25) is 9.59 Å². The second-order valence-electron chi connectivity index (χ2n) is 5.70. The molecule has 0 fully saturated rings. The van der Waals surface area contributed by atoms with E-state index in [9.17, 15) is 9.59 Å². The quantitative estimate of drug-likeness (QED) is 0.896. The van der Waals surface area contributed by atoms with Gasteiger partial charge in [0.05, 0.1) is 6.33 Å². The Morgan fingerprint density at radius 2 is 2.12 bits per heavy atom. The molecular formula is C17H19N5O2. The Balaban J connectivity index is 1.59. The Labute approximate surface area is 140 Å². The zero-order chi connectivity index (χ0) is 16.9. The normalized spacial score (nSPS) is 14.5. The van der Waals surface area contributed by atoms with Crippen LogP contribution in [0.15, 0.2) is 48.1 Å². The number of hydrogen-bond acceptors (Lipinski definition) is 4. The minimum Gasteiger partial charge on any atom is -0.347 e. The molecule has 2 heterocycles. The molecule has 1 aliphatic rings. The molecule has 0 saturated carbocycles. The van der Waals surface area contributed by atoms with Crippen molar-refractivity contribution < 1.29 is 9.59 Å². The molecule has 0 unspecified atom stereocenters. The van der Waals surface area contributed by atoms with E-state index in [4.69, 9.17) is 0 Å². The van der Waals surface area contributed by atoms with Crippen LogP contribution >= 0.6 is 0 Å². The Bertz CT molecular complexity index is 767. The molecule has 0 saturated heterocycles. The van der Waals surface area contributed by atoms with Gasteiger partial charge in [-0.25, -0.2) is 9.99 Å². The van der Waals surface area contributed by atoms with E-state index in [0.29, 0.717) is 25.1 Å². The number of benzene rings is 1. The van der Waals surface area contributed by atoms with Crippen LogP contribution in [0.1, 0.15) is 24.0 Å². The highest BCUT2D eigenvalue weighted by Gasteiger charge is 2.21. The molecule has 1 aromatic carbocycles. The number of rotatable bonds is 5. The van der Waals surface area contributed by atoms with Gasteiger partial charge in [0.1, 0.15) is 5.71 Å². The molecule has 2 aromatic rings. The predicted molar refractivity (Wildman–Crippen MR) is 89.1 cm³/mol. The first-order valence-corrected chi connectivity index (χ1v) is 7.77. The topological polar surface area (TPSA) is 79.6 Å². The predicted octanol–water partition coefficient (Wildman–Crippen LogP) is 1.16. The van der Waals surface area contributed by atoms with Crippen LogP contribution < -0.4 is 5.32 Å². The van der Waals surface area contributed by atoms with Crippen molar-refractivity contribution in [2.75, 3.05) is 7.05 Å². The molecule has 0 radical (unpaired) electrons. The average Bonchev–Trinajstić information content (AvgIpc) is 3.08. The first-order chi connectivity index (χ1) is 11.6. The van der Waals surface area contributed by atoms with E-state index in [2.05, 4.69) is 21.5 Å². The van der Waals surface area contributed by atoms with E-state index in [1.807, 2.05) is 29.0 Å². The summed E-state index contributed by atoms with van der Waals surface area (Å²) in [6.07, 6.45) is 6.14. The largest absolute Gasteiger partial charge is 0.347 e. The van der Waals surface area contributed by atoms with E-state index in [1.165, 1.54) is 5.01 Å². The smallest absolute Gasteiger partial charge is 0.267 e. The summed E-state index contributed by atoms with van der Waals surface area (Å²) in [5.41, 5.74) is 2.55. The summed E-state index contributed by atoms with van der Waals surface area (Å²) in [6.45, 7) is 1.16. The van der Waals surface area contributed by atoms with Crippen molar-refractivity contribution >= 4 is 17.5 Å². The zero-order valence-corrected chi connectivity index (χ0v) is 13.5. The summed E-state index contributed by atoms with van der Waals surface area (Å²) in [4.78, 5) is 27.6. The zero-order valence-electron chi connectivity index (χ0n) is 13.5. The van der Waals surface area contributed by atoms with Gasteiger partial charge >= 0.3 is 0 Å². The molecule has 7 nitrogen and oxygen atoms in total. The third-order valence-corrected chi connectivity index (χ3v) is 3.84. The molecule has 7 heteroatoms. The van der Waals surface area contributed by atoms with Crippen LogP contribution in [0, 0.1) is 0 Å². The van der Waals surface area contributed by atoms with Crippen molar-refractivity contribution in [2.24, 2.45) is 5.10 Å². The van der Waals surface area contributed by atoms with Gasteiger partial charge in [-0.05, 0) is 11.1 Å². The van der Waals surface area contributed by atoms with Crippen LogP contribution in [0.4, 0.5) is 0 Å². The summed E-state index contributed by atoms with van der Waals surface area (Å²) >= 11 is 0. The molecule has 3 rings (SSSR count). The van der Waals surface area contributed by atoms with Gasteiger partial charge in [-0.2, -0.15) is 5.10 Å². The number of hydrazone groups is 1. The Morgan fingerprint density at radius 3 is 2.88 bits per heavy atom. The lowest BCUT2D eigenvalue weighted by atomic mass is 10.1. The lowest BCUT2D eigenvalue weighted by Gasteiger charge is -2.19. The highest BCUT2D eigenvalue weighted by Crippen LogP contribution is 2.09. The van der Waals surface area contributed by atoms with Crippen LogP contribution in [0.3, 0.4) is 0 Å². The van der Waals surface area contributed by atoms with Gasteiger partial charge in [0.15, 0.2) is 0 Å². The number of nitrogens with zero attached hydrogens (tertiary/aromatic N) is 4. The van der Waals surface area contributed by atoms with Crippen molar-refractivity contribution in [3.05, 3.63) is 54.1 Å². The molecule has 124 valence electrons. The fourth-order valence-corrected chi connectivity index (χ4v) is 2.55. The number of amides is 2. The van der Waals surface area contributed by atoms with Crippen molar-refractivity contribution in [3.63, 3.8) is 0 Å². The minimum absolute atomic E-state index is 0.0706. The van der Waals surface area contributed by atoms with Crippen molar-refractivity contribution in [1.29, 1.82) is 0 Å². The summed E-state index contributed by atoms with van der Waals surface area (Å²) in [5, 5.41) is 8.11. The third-order valence-electron chi connectivity index (χ3n) is 3.84. The second-order valence-corrected chi connectivity index (χ2v) is 5.70. The molecule has 0 aliphatic carbocycles. The summed E-state index contributed by atoms with van der Waals surface area (Å²) in [6, 6.07) is 8.03. The van der Waals surface area contributed by atoms with Crippen LogP contribution in [-0.2, 0) is 22.7 Å². The first-order valence-electron chi connectivity index (χ1n) is 7.77. The van der Waals surface area contributed by atoms with Crippen molar-refractivity contribution in [1.82, 2.24) is 19.9 Å². The average molecular weight is 325 g/mol. The second kappa shape index (κ2) is 7.08. The minimum atomic E-state index is -0.227. The molecular weight excluding hydrogens is 306 g/mol. The monoisotopic (exact) mass is 325 g/mol. The SMILES string of the molecule is CN1N=C(C(=O)NCc2cccc(Cn3ccnc3)c2)CCC1=O. The number of carbonyl (C=O) groups is 2. The summed E-state index contributed by atoms with van der Waals surface area (Å²) < 4.78 is 1.99. The number of hydrogen-bond donors (Lipinski definition) is 1. The maximum Gasteiger partial charge on any atom is 0.267 e. The summed E-state index contributed by atoms with van der Waals surface area (Å²) in [7, 11) is 1.56. The molecule has 1 aliphatic heterocycles. The first kappa shape index (κ1) is 15.9.